The topological polar surface area (TPSA) is 63.5 Å². The Labute approximate surface area is 179 Å². The van der Waals surface area contributed by atoms with Gasteiger partial charge in [-0.25, -0.2) is 4.99 Å². The summed E-state index contributed by atoms with van der Waals surface area (Å²) in [7, 11) is 0. The highest BCUT2D eigenvalue weighted by molar-refractivity contribution is 5.79. The van der Waals surface area contributed by atoms with Crippen molar-refractivity contribution in [1.82, 2.24) is 20.4 Å². The summed E-state index contributed by atoms with van der Waals surface area (Å²) in [5.74, 6) is 0.831. The van der Waals surface area contributed by atoms with Crippen molar-refractivity contribution < 1.29 is 4.74 Å². The van der Waals surface area contributed by atoms with Gasteiger partial charge in [-0.15, -0.1) is 0 Å². The Morgan fingerprint density at radius 1 is 0.967 bits per heavy atom. The van der Waals surface area contributed by atoms with Crippen molar-refractivity contribution in [3.63, 3.8) is 0 Å². The van der Waals surface area contributed by atoms with Gasteiger partial charge in [0.05, 0.1) is 19.8 Å². The van der Waals surface area contributed by atoms with Gasteiger partial charge in [0, 0.05) is 32.0 Å². The number of nitrogens with zero attached hydrogens (tertiary/aromatic N) is 3. The second kappa shape index (κ2) is 12.4. The molecule has 0 saturated carbocycles. The van der Waals surface area contributed by atoms with Crippen LogP contribution in [0.4, 0.5) is 0 Å². The van der Waals surface area contributed by atoms with Crippen molar-refractivity contribution >= 4 is 5.96 Å². The molecule has 0 amide bonds. The fourth-order valence-electron chi connectivity index (χ4n) is 3.09. The molecule has 0 atom stereocenters. The van der Waals surface area contributed by atoms with E-state index < -0.39 is 0 Å². The summed E-state index contributed by atoms with van der Waals surface area (Å²) in [6, 6.07) is 20.5. The number of aliphatic imine (C=N–C) groups is 1. The van der Waals surface area contributed by atoms with Crippen LogP contribution in [-0.4, -0.2) is 28.8 Å². The first-order valence-electron chi connectivity index (χ1n) is 10.5. The van der Waals surface area contributed by atoms with Gasteiger partial charge < -0.3 is 15.4 Å². The molecule has 6 nitrogen and oxygen atoms in total. The Bertz CT molecular complexity index is 878. The van der Waals surface area contributed by atoms with Gasteiger partial charge in [-0.3, -0.25) is 4.68 Å². The van der Waals surface area contributed by atoms with Gasteiger partial charge in [0.15, 0.2) is 5.96 Å². The summed E-state index contributed by atoms with van der Waals surface area (Å²) in [4.78, 5) is 4.76. The average molecular weight is 406 g/mol. The second-order valence-electron chi connectivity index (χ2n) is 6.99. The fraction of sp³-hybridized carbons (Fsp3) is 0.333. The van der Waals surface area contributed by atoms with E-state index in [4.69, 9.17) is 9.73 Å². The van der Waals surface area contributed by atoms with Gasteiger partial charge in [-0.05, 0) is 36.1 Å². The minimum atomic E-state index is 0.578. The van der Waals surface area contributed by atoms with Crippen LogP contribution in [0.2, 0.25) is 0 Å². The van der Waals surface area contributed by atoms with Crippen LogP contribution < -0.4 is 10.6 Å². The van der Waals surface area contributed by atoms with Crippen molar-refractivity contribution in [1.29, 1.82) is 0 Å². The lowest BCUT2D eigenvalue weighted by atomic mass is 10.1. The summed E-state index contributed by atoms with van der Waals surface area (Å²) < 4.78 is 7.87. The van der Waals surface area contributed by atoms with Gasteiger partial charge in [0.25, 0.3) is 0 Å². The molecule has 0 unspecified atom stereocenters. The van der Waals surface area contributed by atoms with Crippen LogP contribution in [0.15, 0.2) is 78.0 Å². The molecule has 3 aromatic rings. The second-order valence-corrected chi connectivity index (χ2v) is 6.99. The van der Waals surface area contributed by atoms with Crippen molar-refractivity contribution in [2.24, 2.45) is 4.99 Å². The Balaban J connectivity index is 1.50. The van der Waals surface area contributed by atoms with E-state index in [1.807, 2.05) is 41.2 Å². The largest absolute Gasteiger partial charge is 0.372 e. The Morgan fingerprint density at radius 3 is 2.53 bits per heavy atom. The van der Waals surface area contributed by atoms with Crippen LogP contribution in [0.5, 0.6) is 0 Å². The molecule has 158 valence electrons. The van der Waals surface area contributed by atoms with Crippen molar-refractivity contribution in [3.05, 3.63) is 89.7 Å². The van der Waals surface area contributed by atoms with Crippen LogP contribution in [0.3, 0.4) is 0 Å². The molecule has 0 spiro atoms. The first kappa shape index (κ1) is 21.6. The molecular weight excluding hydrogens is 374 g/mol. The van der Waals surface area contributed by atoms with Gasteiger partial charge in [-0.2, -0.15) is 5.10 Å². The normalized spacial score (nSPS) is 11.4. The summed E-state index contributed by atoms with van der Waals surface area (Å²) >= 11 is 0. The number of aryl methyl sites for hydroxylation is 1. The quantitative estimate of drug-likeness (QED) is 0.290. The number of aromatic nitrogens is 2. The lowest BCUT2D eigenvalue weighted by Crippen LogP contribution is -2.38. The molecule has 6 heteroatoms. The predicted octanol–water partition coefficient (Wildman–Crippen LogP) is 3.75. The molecule has 0 bridgehead atoms. The van der Waals surface area contributed by atoms with Crippen molar-refractivity contribution in [2.45, 2.75) is 39.6 Å². The molecular formula is C24H31N5O. The number of benzene rings is 2. The van der Waals surface area contributed by atoms with E-state index in [1.165, 1.54) is 16.7 Å². The highest BCUT2D eigenvalue weighted by atomic mass is 16.5. The molecule has 0 radical (unpaired) electrons. The highest BCUT2D eigenvalue weighted by Gasteiger charge is 2.04. The third kappa shape index (κ3) is 7.37. The predicted molar refractivity (Wildman–Crippen MR) is 121 cm³/mol. The molecule has 0 aliphatic rings. The first-order chi connectivity index (χ1) is 14.8. The third-order valence-electron chi connectivity index (χ3n) is 4.65. The summed E-state index contributed by atoms with van der Waals surface area (Å²) in [5.41, 5.74) is 3.53. The smallest absolute Gasteiger partial charge is 0.191 e. The zero-order valence-corrected chi connectivity index (χ0v) is 17.6. The Morgan fingerprint density at radius 2 is 1.77 bits per heavy atom. The van der Waals surface area contributed by atoms with E-state index in [0.29, 0.717) is 19.8 Å². The SMILES string of the molecule is CCNC(=NCc1ccccc1COCc1ccccc1)NCCCn1cccn1. The van der Waals surface area contributed by atoms with Crippen molar-refractivity contribution in [3.8, 4) is 0 Å². The molecule has 0 aliphatic heterocycles. The van der Waals surface area contributed by atoms with E-state index >= 15 is 0 Å². The number of hydrogen-bond donors (Lipinski definition) is 2. The highest BCUT2D eigenvalue weighted by Crippen LogP contribution is 2.13. The Kier molecular flexibility index (Phi) is 8.95. The van der Waals surface area contributed by atoms with E-state index in [0.717, 1.165) is 32.0 Å². The summed E-state index contributed by atoms with van der Waals surface area (Å²) in [6.07, 6.45) is 4.77. The summed E-state index contributed by atoms with van der Waals surface area (Å²) in [5, 5.41) is 10.9. The number of rotatable bonds is 11. The van der Waals surface area contributed by atoms with Crippen LogP contribution in [0, 0.1) is 0 Å². The van der Waals surface area contributed by atoms with Gasteiger partial charge in [0.2, 0.25) is 0 Å². The molecule has 2 aromatic carbocycles. The first-order valence-corrected chi connectivity index (χ1v) is 10.5. The lowest BCUT2D eigenvalue weighted by molar-refractivity contribution is 0.106. The van der Waals surface area contributed by atoms with E-state index in [9.17, 15) is 0 Å². The van der Waals surface area contributed by atoms with Gasteiger partial charge in [0.1, 0.15) is 0 Å². The molecule has 0 aliphatic carbocycles. The molecule has 0 fully saturated rings. The minimum absolute atomic E-state index is 0.578. The van der Waals surface area contributed by atoms with E-state index in [2.05, 4.69) is 53.0 Å². The molecule has 1 heterocycles. The number of guanidine groups is 1. The summed E-state index contributed by atoms with van der Waals surface area (Å²) in [6.45, 7) is 6.43. The molecule has 30 heavy (non-hydrogen) atoms. The third-order valence-corrected chi connectivity index (χ3v) is 4.65. The average Bonchev–Trinajstić information content (AvgIpc) is 3.30. The van der Waals surface area contributed by atoms with Crippen LogP contribution in [0.25, 0.3) is 0 Å². The standard InChI is InChI=1S/C24H31N5O/c1-2-25-24(26-14-8-16-29-17-9-15-28-29)27-18-22-12-6-7-13-23(22)20-30-19-21-10-4-3-5-11-21/h3-7,9-13,15,17H,2,8,14,16,18-20H2,1H3,(H2,25,26,27). The fourth-order valence-corrected chi connectivity index (χ4v) is 3.09. The van der Waals surface area contributed by atoms with E-state index in [1.54, 1.807) is 6.20 Å². The van der Waals surface area contributed by atoms with Gasteiger partial charge in [-0.1, -0.05) is 54.6 Å². The molecule has 2 N–H and O–H groups in total. The Hall–Kier alpha value is -3.12. The lowest BCUT2D eigenvalue weighted by Gasteiger charge is -2.13. The van der Waals surface area contributed by atoms with Crippen LogP contribution in [0.1, 0.15) is 30.0 Å². The van der Waals surface area contributed by atoms with Gasteiger partial charge >= 0.3 is 0 Å². The number of nitrogens with one attached hydrogen (secondary N) is 2. The number of ether oxygens (including phenoxy) is 1. The zero-order chi connectivity index (χ0) is 20.9. The van der Waals surface area contributed by atoms with E-state index in [-0.39, 0.29) is 0 Å². The molecule has 1 aromatic heterocycles. The zero-order valence-electron chi connectivity index (χ0n) is 17.6. The van der Waals surface area contributed by atoms with Crippen molar-refractivity contribution in [2.75, 3.05) is 13.1 Å². The van der Waals surface area contributed by atoms with Crippen LogP contribution >= 0.6 is 0 Å². The maximum Gasteiger partial charge on any atom is 0.191 e. The number of hydrogen-bond acceptors (Lipinski definition) is 3. The molecule has 3 rings (SSSR count). The molecule has 0 saturated heterocycles. The maximum absolute atomic E-state index is 5.93. The maximum atomic E-state index is 5.93. The monoisotopic (exact) mass is 405 g/mol. The van der Waals surface area contributed by atoms with Crippen LogP contribution in [-0.2, 0) is 31.0 Å². The minimum Gasteiger partial charge on any atom is -0.372 e.